The highest BCUT2D eigenvalue weighted by Crippen LogP contribution is 2.30. The minimum Gasteiger partial charge on any atom is -0.385 e. The summed E-state index contributed by atoms with van der Waals surface area (Å²) in [5, 5.41) is 13.6. The van der Waals surface area contributed by atoms with Gasteiger partial charge >= 0.3 is 6.03 Å². The van der Waals surface area contributed by atoms with E-state index in [1.807, 2.05) is 42.1 Å². The van der Waals surface area contributed by atoms with Crippen LogP contribution in [0, 0.1) is 5.92 Å². The number of carbonyl (C=O) groups is 1. The lowest BCUT2D eigenvalue weighted by molar-refractivity contribution is 0.0600. The highest BCUT2D eigenvalue weighted by Gasteiger charge is 2.30. The van der Waals surface area contributed by atoms with Crippen LogP contribution < -0.4 is 5.32 Å². The maximum Gasteiger partial charge on any atom is 0.321 e. The number of aliphatic hydroxyl groups excluding tert-OH is 1. The fourth-order valence-corrected chi connectivity index (χ4v) is 3.67. The molecular formula is C20H24N6O2. The van der Waals surface area contributed by atoms with Gasteiger partial charge in [-0.3, -0.25) is 0 Å². The SMILES string of the molecule is Cn1ccnc1C(O)C1CCN(C(=O)Nc2cccc(-c3cnc[nH]3)c2)CC1. The molecule has 3 N–H and O–H groups in total. The van der Waals surface area contributed by atoms with E-state index in [0.29, 0.717) is 18.9 Å². The summed E-state index contributed by atoms with van der Waals surface area (Å²) >= 11 is 0. The van der Waals surface area contributed by atoms with Crippen molar-refractivity contribution in [1.29, 1.82) is 0 Å². The highest BCUT2D eigenvalue weighted by molar-refractivity contribution is 5.90. The molecule has 146 valence electrons. The zero-order valence-electron chi connectivity index (χ0n) is 15.7. The number of benzene rings is 1. The lowest BCUT2D eigenvalue weighted by Gasteiger charge is -2.34. The molecule has 3 aromatic rings. The van der Waals surface area contributed by atoms with Crippen LogP contribution in [0.15, 0.2) is 49.2 Å². The van der Waals surface area contributed by atoms with Crippen molar-refractivity contribution in [3.8, 4) is 11.3 Å². The number of hydrogen-bond acceptors (Lipinski definition) is 4. The van der Waals surface area contributed by atoms with E-state index in [1.54, 1.807) is 23.6 Å². The Morgan fingerprint density at radius 1 is 1.36 bits per heavy atom. The number of hydrogen-bond donors (Lipinski definition) is 3. The molecule has 28 heavy (non-hydrogen) atoms. The zero-order valence-corrected chi connectivity index (χ0v) is 15.7. The maximum absolute atomic E-state index is 12.6. The van der Waals surface area contributed by atoms with Gasteiger partial charge in [-0.1, -0.05) is 12.1 Å². The van der Waals surface area contributed by atoms with Crippen molar-refractivity contribution in [2.75, 3.05) is 18.4 Å². The van der Waals surface area contributed by atoms with Gasteiger partial charge in [0, 0.05) is 43.8 Å². The number of imidazole rings is 2. The number of carbonyl (C=O) groups excluding carboxylic acids is 1. The summed E-state index contributed by atoms with van der Waals surface area (Å²) in [6, 6.07) is 7.54. The second-order valence-electron chi connectivity index (χ2n) is 7.14. The summed E-state index contributed by atoms with van der Waals surface area (Å²) in [6.45, 7) is 1.22. The summed E-state index contributed by atoms with van der Waals surface area (Å²) in [5.41, 5.74) is 2.61. The highest BCUT2D eigenvalue weighted by atomic mass is 16.3. The summed E-state index contributed by atoms with van der Waals surface area (Å²) < 4.78 is 1.84. The number of aromatic nitrogens is 4. The molecule has 1 aliphatic heterocycles. The van der Waals surface area contributed by atoms with Gasteiger partial charge in [0.25, 0.3) is 0 Å². The Morgan fingerprint density at radius 2 is 2.18 bits per heavy atom. The van der Waals surface area contributed by atoms with E-state index in [-0.39, 0.29) is 11.9 Å². The Bertz CT molecular complexity index is 928. The summed E-state index contributed by atoms with van der Waals surface area (Å²) in [7, 11) is 1.88. The van der Waals surface area contributed by atoms with E-state index in [1.165, 1.54) is 0 Å². The van der Waals surface area contributed by atoms with Crippen LogP contribution in [-0.2, 0) is 7.05 Å². The fourth-order valence-electron chi connectivity index (χ4n) is 3.67. The van der Waals surface area contributed by atoms with Gasteiger partial charge in [0.15, 0.2) is 0 Å². The first-order valence-electron chi connectivity index (χ1n) is 9.42. The standard InChI is InChI=1S/C20H24N6O2/c1-25-10-7-22-19(25)18(27)14-5-8-26(9-6-14)20(28)24-16-4-2-3-15(11-16)17-12-21-13-23-17/h2-4,7,10-14,18,27H,5-6,8-9H2,1H3,(H,21,23)(H,24,28). The molecule has 3 heterocycles. The molecule has 0 aliphatic carbocycles. The Balaban J connectivity index is 1.34. The number of amides is 2. The molecule has 1 aromatic carbocycles. The average Bonchev–Trinajstić information content (AvgIpc) is 3.40. The molecule has 0 saturated carbocycles. The van der Waals surface area contributed by atoms with Gasteiger partial charge in [0.1, 0.15) is 11.9 Å². The molecule has 1 saturated heterocycles. The van der Waals surface area contributed by atoms with Crippen molar-refractivity contribution in [3.05, 3.63) is 55.0 Å². The molecule has 1 fully saturated rings. The molecule has 0 bridgehead atoms. The van der Waals surface area contributed by atoms with E-state index in [9.17, 15) is 9.90 Å². The van der Waals surface area contributed by atoms with E-state index < -0.39 is 6.10 Å². The predicted octanol–water partition coefficient (Wildman–Crippen LogP) is 2.79. The number of urea groups is 1. The van der Waals surface area contributed by atoms with Crippen molar-refractivity contribution in [1.82, 2.24) is 24.4 Å². The number of rotatable bonds is 4. The van der Waals surface area contributed by atoms with Crippen molar-refractivity contribution in [2.24, 2.45) is 13.0 Å². The summed E-state index contributed by atoms with van der Waals surface area (Å²) in [4.78, 5) is 25.8. The van der Waals surface area contributed by atoms with Crippen LogP contribution in [0.5, 0.6) is 0 Å². The maximum atomic E-state index is 12.6. The van der Waals surface area contributed by atoms with Crippen LogP contribution in [-0.4, -0.2) is 48.6 Å². The third-order valence-electron chi connectivity index (χ3n) is 5.32. The van der Waals surface area contributed by atoms with Gasteiger partial charge in [-0.15, -0.1) is 0 Å². The number of aromatic amines is 1. The van der Waals surface area contributed by atoms with E-state index in [0.717, 1.165) is 29.8 Å². The van der Waals surface area contributed by atoms with Gasteiger partial charge in [-0.05, 0) is 30.9 Å². The molecule has 2 amide bonds. The van der Waals surface area contributed by atoms with Crippen LogP contribution >= 0.6 is 0 Å². The van der Waals surface area contributed by atoms with E-state index >= 15 is 0 Å². The minimum absolute atomic E-state index is 0.105. The lowest BCUT2D eigenvalue weighted by atomic mass is 9.91. The first-order valence-corrected chi connectivity index (χ1v) is 9.42. The largest absolute Gasteiger partial charge is 0.385 e. The van der Waals surface area contributed by atoms with Gasteiger partial charge in [0.2, 0.25) is 0 Å². The van der Waals surface area contributed by atoms with Gasteiger partial charge in [0.05, 0.1) is 18.2 Å². The third-order valence-corrected chi connectivity index (χ3v) is 5.32. The van der Waals surface area contributed by atoms with Crippen molar-refractivity contribution in [2.45, 2.75) is 18.9 Å². The lowest BCUT2D eigenvalue weighted by Crippen LogP contribution is -2.42. The van der Waals surface area contributed by atoms with Crippen LogP contribution in [0.3, 0.4) is 0 Å². The van der Waals surface area contributed by atoms with E-state index in [4.69, 9.17) is 0 Å². The first kappa shape index (κ1) is 18.2. The first-order chi connectivity index (χ1) is 13.6. The van der Waals surface area contributed by atoms with E-state index in [2.05, 4.69) is 20.3 Å². The summed E-state index contributed by atoms with van der Waals surface area (Å²) in [5.74, 6) is 0.785. The molecule has 1 unspecified atom stereocenters. The van der Waals surface area contributed by atoms with Gasteiger partial charge in [-0.2, -0.15) is 0 Å². The van der Waals surface area contributed by atoms with Gasteiger partial charge in [-0.25, -0.2) is 14.8 Å². The molecule has 8 nitrogen and oxygen atoms in total. The number of aliphatic hydroxyl groups is 1. The molecule has 1 atom stereocenters. The van der Waals surface area contributed by atoms with Crippen molar-refractivity contribution in [3.63, 3.8) is 0 Å². The number of likely N-dealkylation sites (tertiary alicyclic amines) is 1. The topological polar surface area (TPSA) is 99.1 Å². The average molecular weight is 380 g/mol. The molecular weight excluding hydrogens is 356 g/mol. The fraction of sp³-hybridized carbons (Fsp3) is 0.350. The number of nitrogens with one attached hydrogen (secondary N) is 2. The van der Waals surface area contributed by atoms with Crippen LogP contribution in [0.1, 0.15) is 24.8 Å². The van der Waals surface area contributed by atoms with Crippen molar-refractivity contribution >= 4 is 11.7 Å². The van der Waals surface area contributed by atoms with Gasteiger partial charge < -0.3 is 24.9 Å². The molecule has 2 aromatic heterocycles. The summed E-state index contributed by atoms with van der Waals surface area (Å²) in [6.07, 6.45) is 7.79. The molecule has 0 radical (unpaired) electrons. The van der Waals surface area contributed by atoms with Crippen LogP contribution in [0.4, 0.5) is 10.5 Å². The Labute approximate surface area is 163 Å². The zero-order chi connectivity index (χ0) is 19.5. The van der Waals surface area contributed by atoms with Crippen molar-refractivity contribution < 1.29 is 9.90 Å². The number of nitrogens with zero attached hydrogens (tertiary/aromatic N) is 4. The Kier molecular flexibility index (Phi) is 5.12. The number of H-pyrrole nitrogens is 1. The van der Waals surface area contributed by atoms with Crippen LogP contribution in [0.2, 0.25) is 0 Å². The predicted molar refractivity (Wildman–Crippen MR) is 106 cm³/mol. The Hall–Kier alpha value is -3.13. The second kappa shape index (κ2) is 7.85. The third kappa shape index (κ3) is 3.77. The van der Waals surface area contributed by atoms with Crippen LogP contribution in [0.25, 0.3) is 11.3 Å². The molecule has 4 rings (SSSR count). The Morgan fingerprint density at radius 3 is 2.86 bits per heavy atom. The minimum atomic E-state index is -0.601. The monoisotopic (exact) mass is 380 g/mol. The number of aryl methyl sites for hydroxylation is 1. The quantitative estimate of drug-likeness (QED) is 0.648. The number of piperidine rings is 1. The normalized spacial score (nSPS) is 16.1. The number of anilines is 1. The second-order valence-corrected chi connectivity index (χ2v) is 7.14. The smallest absolute Gasteiger partial charge is 0.321 e. The molecule has 8 heteroatoms. The molecule has 1 aliphatic rings. The molecule has 0 spiro atoms.